The number of benzene rings is 1. The third kappa shape index (κ3) is 3.79. The van der Waals surface area contributed by atoms with E-state index in [1.807, 2.05) is 37.3 Å². The van der Waals surface area contributed by atoms with E-state index in [0.29, 0.717) is 24.5 Å². The largest absolute Gasteiger partial charge is 0.481 e. The van der Waals surface area contributed by atoms with Crippen molar-refractivity contribution in [2.45, 2.75) is 44.9 Å². The summed E-state index contributed by atoms with van der Waals surface area (Å²) >= 11 is 0. The highest BCUT2D eigenvalue weighted by Gasteiger charge is 2.28. The maximum Gasteiger partial charge on any atom is 0.311 e. The number of hydrogen-bond donors (Lipinski definition) is 2. The quantitative estimate of drug-likeness (QED) is 0.829. The first kappa shape index (κ1) is 18.2. The Kier molecular flexibility index (Phi) is 5.71. The molecule has 2 N–H and O–H groups in total. The fraction of sp³-hybridized carbons (Fsp3) is 0.450. The molecule has 1 fully saturated rings. The molecule has 6 heteroatoms. The molecule has 0 saturated carbocycles. The highest BCUT2D eigenvalue weighted by atomic mass is 16.4. The summed E-state index contributed by atoms with van der Waals surface area (Å²) in [5, 5.41) is 9.68. The zero-order valence-electron chi connectivity index (χ0n) is 15.1. The van der Waals surface area contributed by atoms with Crippen molar-refractivity contribution in [2.24, 2.45) is 0 Å². The molecule has 2 aromatic rings. The number of nitrogens with zero attached hydrogens (tertiary/aromatic N) is 2. The van der Waals surface area contributed by atoms with Crippen molar-refractivity contribution in [1.29, 1.82) is 0 Å². The molecule has 0 amide bonds. The number of carbonyl (C=O) groups is 1. The van der Waals surface area contributed by atoms with Crippen LogP contribution in [0.4, 0.5) is 5.95 Å². The highest BCUT2D eigenvalue weighted by molar-refractivity contribution is 5.80. The van der Waals surface area contributed by atoms with E-state index in [1.54, 1.807) is 0 Å². The Labute approximate surface area is 152 Å². The smallest absolute Gasteiger partial charge is 0.311 e. The minimum absolute atomic E-state index is 0.256. The standard InChI is InChI=1S/C20H25N3O3/c1-2-9-15(19(25)26)16-17(14-10-5-3-6-11-14)21-20(22-18(16)24)23-12-7-4-8-13-23/h3,5-6,10-11,15H,2,4,7-9,12-13H2,1H3,(H,25,26)(H,21,22,24). The van der Waals surface area contributed by atoms with E-state index in [2.05, 4.69) is 9.88 Å². The van der Waals surface area contributed by atoms with Gasteiger partial charge < -0.3 is 10.0 Å². The van der Waals surface area contributed by atoms with E-state index in [0.717, 1.165) is 31.5 Å². The molecule has 1 aromatic carbocycles. The van der Waals surface area contributed by atoms with Gasteiger partial charge in [-0.1, -0.05) is 43.7 Å². The second-order valence-corrected chi connectivity index (χ2v) is 6.75. The van der Waals surface area contributed by atoms with E-state index >= 15 is 0 Å². The third-order valence-electron chi connectivity index (χ3n) is 4.87. The molecule has 26 heavy (non-hydrogen) atoms. The van der Waals surface area contributed by atoms with E-state index < -0.39 is 11.9 Å². The van der Waals surface area contributed by atoms with Crippen molar-refractivity contribution in [3.05, 3.63) is 46.2 Å². The van der Waals surface area contributed by atoms with Crippen LogP contribution >= 0.6 is 0 Å². The molecule has 138 valence electrons. The average molecular weight is 355 g/mol. The van der Waals surface area contributed by atoms with Crippen molar-refractivity contribution < 1.29 is 9.90 Å². The second kappa shape index (κ2) is 8.17. The zero-order valence-corrected chi connectivity index (χ0v) is 15.1. The summed E-state index contributed by atoms with van der Waals surface area (Å²) in [7, 11) is 0. The predicted octanol–water partition coefficient (Wildman–Crippen LogP) is 3.40. The Hall–Kier alpha value is -2.63. The number of carboxylic acid groups (broad SMARTS) is 1. The first-order valence-electron chi connectivity index (χ1n) is 9.29. The van der Waals surface area contributed by atoms with Crippen LogP contribution in [-0.2, 0) is 4.79 Å². The Morgan fingerprint density at radius 3 is 2.54 bits per heavy atom. The molecule has 1 atom stereocenters. The molecule has 1 aliphatic rings. The summed E-state index contributed by atoms with van der Waals surface area (Å²) in [6.45, 7) is 3.63. The molecule has 3 rings (SSSR count). The summed E-state index contributed by atoms with van der Waals surface area (Å²) in [4.78, 5) is 34.4. The monoisotopic (exact) mass is 355 g/mol. The first-order valence-corrected chi connectivity index (χ1v) is 9.29. The first-order chi connectivity index (χ1) is 12.6. The number of aromatic nitrogens is 2. The van der Waals surface area contributed by atoms with Crippen molar-refractivity contribution >= 4 is 11.9 Å². The van der Waals surface area contributed by atoms with Gasteiger partial charge in [-0.25, -0.2) is 4.98 Å². The lowest BCUT2D eigenvalue weighted by Gasteiger charge is -2.28. The van der Waals surface area contributed by atoms with Crippen molar-refractivity contribution in [1.82, 2.24) is 9.97 Å². The second-order valence-electron chi connectivity index (χ2n) is 6.75. The topological polar surface area (TPSA) is 86.3 Å². The number of nitrogens with one attached hydrogen (secondary N) is 1. The molecule has 0 bridgehead atoms. The van der Waals surface area contributed by atoms with Gasteiger partial charge in [0.05, 0.1) is 17.2 Å². The summed E-state index contributed by atoms with van der Waals surface area (Å²) in [6.07, 6.45) is 4.41. The number of rotatable bonds is 6. The van der Waals surface area contributed by atoms with Gasteiger partial charge in [0.25, 0.3) is 5.56 Å². The normalized spacial score (nSPS) is 15.7. The summed E-state index contributed by atoms with van der Waals surface area (Å²) in [6, 6.07) is 9.38. The molecule has 1 aliphatic heterocycles. The lowest BCUT2D eigenvalue weighted by Crippen LogP contribution is -2.34. The number of piperidine rings is 1. The lowest BCUT2D eigenvalue weighted by atomic mass is 9.91. The maximum atomic E-state index is 12.9. The number of carboxylic acids is 1. The Bertz CT molecular complexity index is 811. The highest BCUT2D eigenvalue weighted by Crippen LogP contribution is 2.29. The molecule has 2 heterocycles. The van der Waals surface area contributed by atoms with Crippen LogP contribution in [0.5, 0.6) is 0 Å². The van der Waals surface area contributed by atoms with Gasteiger partial charge >= 0.3 is 5.97 Å². The van der Waals surface area contributed by atoms with Gasteiger partial charge in [-0.05, 0) is 25.7 Å². The van der Waals surface area contributed by atoms with Crippen LogP contribution in [0.15, 0.2) is 35.1 Å². The SMILES string of the molecule is CCCC(C(=O)O)c1c(-c2ccccc2)nc(N2CCCCC2)[nH]c1=O. The Morgan fingerprint density at radius 1 is 1.23 bits per heavy atom. The van der Waals surface area contributed by atoms with E-state index in [9.17, 15) is 14.7 Å². The average Bonchev–Trinajstić information content (AvgIpc) is 2.67. The van der Waals surface area contributed by atoms with Crippen molar-refractivity contribution in [3.63, 3.8) is 0 Å². The fourth-order valence-electron chi connectivity index (χ4n) is 3.55. The van der Waals surface area contributed by atoms with Crippen LogP contribution in [0.2, 0.25) is 0 Å². The van der Waals surface area contributed by atoms with Crippen LogP contribution in [0.25, 0.3) is 11.3 Å². The van der Waals surface area contributed by atoms with Gasteiger partial charge in [0.2, 0.25) is 5.95 Å². The zero-order chi connectivity index (χ0) is 18.5. The van der Waals surface area contributed by atoms with E-state index in [1.165, 1.54) is 6.42 Å². The number of aromatic amines is 1. The number of hydrogen-bond acceptors (Lipinski definition) is 4. The Balaban J connectivity index is 2.16. The predicted molar refractivity (Wildman–Crippen MR) is 102 cm³/mol. The number of aliphatic carboxylic acids is 1. The van der Waals surface area contributed by atoms with Crippen LogP contribution in [0.1, 0.15) is 50.5 Å². The van der Waals surface area contributed by atoms with Gasteiger partial charge in [0.1, 0.15) is 0 Å². The van der Waals surface area contributed by atoms with Gasteiger partial charge in [-0.2, -0.15) is 0 Å². The van der Waals surface area contributed by atoms with Crippen LogP contribution < -0.4 is 10.5 Å². The summed E-state index contributed by atoms with van der Waals surface area (Å²) < 4.78 is 0. The fourth-order valence-corrected chi connectivity index (χ4v) is 3.55. The number of anilines is 1. The van der Waals surface area contributed by atoms with Gasteiger partial charge in [-0.15, -0.1) is 0 Å². The van der Waals surface area contributed by atoms with Gasteiger partial charge in [0, 0.05) is 18.7 Å². The maximum absolute atomic E-state index is 12.9. The minimum atomic E-state index is -0.984. The Morgan fingerprint density at radius 2 is 1.92 bits per heavy atom. The summed E-state index contributed by atoms with van der Waals surface area (Å²) in [5.41, 5.74) is 1.16. The van der Waals surface area contributed by atoms with Gasteiger partial charge in [-0.3, -0.25) is 14.6 Å². The molecule has 0 spiro atoms. The number of H-pyrrole nitrogens is 1. The van der Waals surface area contributed by atoms with E-state index in [-0.39, 0.29) is 11.1 Å². The molecule has 1 unspecified atom stereocenters. The third-order valence-corrected chi connectivity index (χ3v) is 4.87. The molecule has 0 radical (unpaired) electrons. The lowest BCUT2D eigenvalue weighted by molar-refractivity contribution is -0.139. The van der Waals surface area contributed by atoms with Crippen molar-refractivity contribution in [2.75, 3.05) is 18.0 Å². The molecular weight excluding hydrogens is 330 g/mol. The van der Waals surface area contributed by atoms with Gasteiger partial charge in [0.15, 0.2) is 0 Å². The van der Waals surface area contributed by atoms with E-state index in [4.69, 9.17) is 4.98 Å². The molecule has 1 aromatic heterocycles. The van der Waals surface area contributed by atoms with Crippen LogP contribution in [0, 0.1) is 0 Å². The molecule has 1 saturated heterocycles. The minimum Gasteiger partial charge on any atom is -0.481 e. The summed E-state index contributed by atoms with van der Waals surface area (Å²) in [5.74, 6) is -1.30. The van der Waals surface area contributed by atoms with Crippen LogP contribution in [0.3, 0.4) is 0 Å². The molecular formula is C20H25N3O3. The van der Waals surface area contributed by atoms with Crippen molar-refractivity contribution in [3.8, 4) is 11.3 Å². The van der Waals surface area contributed by atoms with Crippen LogP contribution in [-0.4, -0.2) is 34.1 Å². The molecule has 6 nitrogen and oxygen atoms in total. The molecule has 0 aliphatic carbocycles.